The molecule has 0 unspecified atom stereocenters. The summed E-state index contributed by atoms with van der Waals surface area (Å²) in [5.74, 6) is -0.583. The average molecular weight is 234 g/mol. The van der Waals surface area contributed by atoms with E-state index in [-0.39, 0.29) is 23.7 Å². The molecule has 0 spiro atoms. The van der Waals surface area contributed by atoms with Crippen molar-refractivity contribution in [1.29, 1.82) is 5.26 Å². The molecule has 0 aromatic carbocycles. The Morgan fingerprint density at radius 1 is 1.59 bits per heavy atom. The van der Waals surface area contributed by atoms with Crippen LogP contribution in [0.1, 0.15) is 48.3 Å². The lowest BCUT2D eigenvalue weighted by Crippen LogP contribution is -2.20. The SMILES string of the molecule is CCOC(=O)c1cc(C(C)C)[nH]c(=O)c1C#N. The zero-order valence-electron chi connectivity index (χ0n) is 10.0. The molecule has 0 saturated heterocycles. The van der Waals surface area contributed by atoms with Crippen molar-refractivity contribution in [3.8, 4) is 6.07 Å². The molecule has 0 aliphatic rings. The first kappa shape index (κ1) is 13.0. The van der Waals surface area contributed by atoms with E-state index in [1.807, 2.05) is 13.8 Å². The summed E-state index contributed by atoms with van der Waals surface area (Å²) in [6.07, 6.45) is 0. The van der Waals surface area contributed by atoms with Crippen molar-refractivity contribution >= 4 is 5.97 Å². The average Bonchev–Trinajstić information content (AvgIpc) is 2.28. The number of carbonyl (C=O) groups excluding carboxylic acids is 1. The molecule has 0 radical (unpaired) electrons. The van der Waals surface area contributed by atoms with Crippen molar-refractivity contribution in [2.75, 3.05) is 6.61 Å². The standard InChI is InChI=1S/C12H14N2O3/c1-4-17-12(16)8-5-10(7(2)3)14-11(15)9(8)6-13/h5,7H,4H2,1-3H3,(H,14,15). The molecule has 1 aromatic rings. The number of hydrogen-bond donors (Lipinski definition) is 1. The highest BCUT2D eigenvalue weighted by molar-refractivity contribution is 5.92. The predicted molar refractivity (Wildman–Crippen MR) is 61.8 cm³/mol. The Morgan fingerprint density at radius 2 is 2.24 bits per heavy atom. The predicted octanol–water partition coefficient (Wildman–Crippen LogP) is 1.55. The van der Waals surface area contributed by atoms with E-state index < -0.39 is 11.5 Å². The number of aromatic nitrogens is 1. The third-order valence-corrected chi connectivity index (χ3v) is 2.28. The van der Waals surface area contributed by atoms with E-state index in [9.17, 15) is 9.59 Å². The second kappa shape index (κ2) is 5.30. The molecule has 0 aliphatic carbocycles. The van der Waals surface area contributed by atoms with E-state index in [1.165, 1.54) is 6.07 Å². The van der Waals surface area contributed by atoms with Crippen molar-refractivity contribution in [3.05, 3.63) is 33.2 Å². The van der Waals surface area contributed by atoms with Gasteiger partial charge in [0.2, 0.25) is 0 Å². The van der Waals surface area contributed by atoms with Gasteiger partial charge in [-0.1, -0.05) is 13.8 Å². The maximum absolute atomic E-state index is 11.6. The number of hydrogen-bond acceptors (Lipinski definition) is 4. The van der Waals surface area contributed by atoms with Gasteiger partial charge >= 0.3 is 5.97 Å². The summed E-state index contributed by atoms with van der Waals surface area (Å²) in [7, 11) is 0. The van der Waals surface area contributed by atoms with Crippen LogP contribution in [0.15, 0.2) is 10.9 Å². The summed E-state index contributed by atoms with van der Waals surface area (Å²) in [4.78, 5) is 25.8. The van der Waals surface area contributed by atoms with Crippen molar-refractivity contribution in [3.63, 3.8) is 0 Å². The van der Waals surface area contributed by atoms with E-state index in [0.29, 0.717) is 5.69 Å². The number of rotatable bonds is 3. The van der Waals surface area contributed by atoms with Crippen LogP contribution < -0.4 is 5.56 Å². The minimum Gasteiger partial charge on any atom is -0.462 e. The number of aromatic amines is 1. The molecule has 0 aliphatic heterocycles. The molecule has 1 rings (SSSR count). The molecule has 5 nitrogen and oxygen atoms in total. The van der Waals surface area contributed by atoms with Crippen molar-refractivity contribution in [2.45, 2.75) is 26.7 Å². The Kier molecular flexibility index (Phi) is 4.05. The van der Waals surface area contributed by atoms with Crippen LogP contribution in [0, 0.1) is 11.3 Å². The Bertz CT molecular complexity index is 524. The first-order chi connectivity index (χ1) is 8.01. The molecule has 90 valence electrons. The molecule has 1 heterocycles. The zero-order chi connectivity index (χ0) is 13.0. The molecule has 0 fully saturated rings. The largest absolute Gasteiger partial charge is 0.462 e. The lowest BCUT2D eigenvalue weighted by molar-refractivity contribution is 0.0525. The fourth-order valence-electron chi connectivity index (χ4n) is 1.37. The van der Waals surface area contributed by atoms with E-state index in [2.05, 4.69) is 4.98 Å². The highest BCUT2D eigenvalue weighted by Gasteiger charge is 2.18. The van der Waals surface area contributed by atoms with Crippen LogP contribution in [0.25, 0.3) is 0 Å². The number of carbonyl (C=O) groups is 1. The van der Waals surface area contributed by atoms with Gasteiger partial charge in [0.05, 0.1) is 12.2 Å². The minimum atomic E-state index is -0.642. The van der Waals surface area contributed by atoms with Crippen LogP contribution in [0.2, 0.25) is 0 Å². The van der Waals surface area contributed by atoms with Crippen LogP contribution in [0.4, 0.5) is 0 Å². The third-order valence-electron chi connectivity index (χ3n) is 2.28. The molecule has 1 N–H and O–H groups in total. The van der Waals surface area contributed by atoms with Crippen LogP contribution in [0.3, 0.4) is 0 Å². The smallest absolute Gasteiger partial charge is 0.339 e. The number of pyridine rings is 1. The fraction of sp³-hybridized carbons (Fsp3) is 0.417. The molecular formula is C12H14N2O3. The van der Waals surface area contributed by atoms with E-state index in [0.717, 1.165) is 0 Å². The summed E-state index contributed by atoms with van der Waals surface area (Å²) in [6, 6.07) is 3.23. The highest BCUT2D eigenvalue weighted by atomic mass is 16.5. The molecule has 5 heteroatoms. The number of esters is 1. The van der Waals surface area contributed by atoms with Crippen molar-refractivity contribution in [1.82, 2.24) is 4.98 Å². The second-order valence-electron chi connectivity index (χ2n) is 3.83. The van der Waals surface area contributed by atoms with E-state index >= 15 is 0 Å². The van der Waals surface area contributed by atoms with Crippen LogP contribution in [0.5, 0.6) is 0 Å². The third kappa shape index (κ3) is 2.72. The maximum Gasteiger partial charge on any atom is 0.339 e. The van der Waals surface area contributed by atoms with Gasteiger partial charge in [0, 0.05) is 5.69 Å². The normalized spacial score (nSPS) is 10.1. The number of nitrogens with zero attached hydrogens (tertiary/aromatic N) is 1. The van der Waals surface area contributed by atoms with Gasteiger partial charge in [0.1, 0.15) is 11.6 Å². The molecular weight excluding hydrogens is 220 g/mol. The Hall–Kier alpha value is -2.09. The number of nitriles is 1. The number of ether oxygens (including phenoxy) is 1. The summed E-state index contributed by atoms with van der Waals surface area (Å²) in [5.41, 5.74) is -0.117. The van der Waals surface area contributed by atoms with E-state index in [4.69, 9.17) is 10.00 Å². The van der Waals surface area contributed by atoms with Gasteiger partial charge in [-0.2, -0.15) is 5.26 Å². The number of nitrogens with one attached hydrogen (secondary N) is 1. The first-order valence-electron chi connectivity index (χ1n) is 5.35. The topological polar surface area (TPSA) is 83.0 Å². The fourth-order valence-corrected chi connectivity index (χ4v) is 1.37. The number of H-pyrrole nitrogens is 1. The van der Waals surface area contributed by atoms with Crippen molar-refractivity contribution in [2.24, 2.45) is 0 Å². The van der Waals surface area contributed by atoms with Crippen LogP contribution in [-0.4, -0.2) is 17.6 Å². The summed E-state index contributed by atoms with van der Waals surface area (Å²) < 4.78 is 4.82. The molecule has 0 atom stereocenters. The Morgan fingerprint density at radius 3 is 2.71 bits per heavy atom. The minimum absolute atomic E-state index is 0.0294. The van der Waals surface area contributed by atoms with Crippen LogP contribution >= 0.6 is 0 Å². The molecule has 1 aromatic heterocycles. The lowest BCUT2D eigenvalue weighted by Gasteiger charge is -2.08. The summed E-state index contributed by atoms with van der Waals surface area (Å²) in [6.45, 7) is 5.63. The Balaban J connectivity index is 3.40. The maximum atomic E-state index is 11.6. The van der Waals surface area contributed by atoms with Gasteiger partial charge < -0.3 is 9.72 Å². The van der Waals surface area contributed by atoms with Gasteiger partial charge in [-0.15, -0.1) is 0 Å². The highest BCUT2D eigenvalue weighted by Crippen LogP contribution is 2.14. The summed E-state index contributed by atoms with van der Waals surface area (Å²) >= 11 is 0. The van der Waals surface area contributed by atoms with E-state index in [1.54, 1.807) is 13.0 Å². The monoisotopic (exact) mass is 234 g/mol. The van der Waals surface area contributed by atoms with Crippen molar-refractivity contribution < 1.29 is 9.53 Å². The zero-order valence-corrected chi connectivity index (χ0v) is 10.0. The van der Waals surface area contributed by atoms with Gasteiger partial charge in [0.15, 0.2) is 0 Å². The quantitative estimate of drug-likeness (QED) is 0.804. The summed E-state index contributed by atoms with van der Waals surface area (Å²) in [5, 5.41) is 8.87. The van der Waals surface area contributed by atoms with Gasteiger partial charge in [-0.05, 0) is 18.9 Å². The molecule has 0 amide bonds. The lowest BCUT2D eigenvalue weighted by atomic mass is 10.0. The van der Waals surface area contributed by atoms with Gasteiger partial charge in [-0.3, -0.25) is 4.79 Å². The molecule has 0 saturated carbocycles. The molecule has 0 bridgehead atoms. The second-order valence-corrected chi connectivity index (χ2v) is 3.83. The van der Waals surface area contributed by atoms with Gasteiger partial charge in [0.25, 0.3) is 5.56 Å². The molecule has 17 heavy (non-hydrogen) atoms. The Labute approximate surface area is 99.0 Å². The first-order valence-corrected chi connectivity index (χ1v) is 5.35. The van der Waals surface area contributed by atoms with Gasteiger partial charge in [-0.25, -0.2) is 4.79 Å². The van der Waals surface area contributed by atoms with Crippen LogP contribution in [-0.2, 0) is 4.74 Å².